The van der Waals surface area contributed by atoms with Crippen LogP contribution >= 0.6 is 11.3 Å². The number of amides is 1. The number of carbonyl (C=O) groups excluding carboxylic acids is 1. The molecule has 2 aliphatic rings. The van der Waals surface area contributed by atoms with Crippen LogP contribution < -0.4 is 11.2 Å². The molecule has 1 amide bonds. The molecule has 0 atom stereocenters. The van der Waals surface area contributed by atoms with Gasteiger partial charge in [-0.05, 0) is 68.7 Å². The average molecular weight is 461 g/mol. The van der Waals surface area contributed by atoms with Gasteiger partial charge >= 0.3 is 0 Å². The number of nitrogens with zero attached hydrogens (tertiary/aromatic N) is 2. The zero-order valence-corrected chi connectivity index (χ0v) is 19.3. The molecule has 0 saturated carbocycles. The molecule has 1 fully saturated rings. The van der Waals surface area contributed by atoms with Crippen molar-refractivity contribution in [2.45, 2.75) is 56.8 Å². The SMILES string of the molecule is C/C(=N\NC(=O)c1sc2c(c1N)CCCC2)c1ccc(S(=O)(=O)N2CCCCC2)cc1. The van der Waals surface area contributed by atoms with Gasteiger partial charge in [0.2, 0.25) is 10.0 Å². The Balaban J connectivity index is 1.45. The lowest BCUT2D eigenvalue weighted by Gasteiger charge is -2.25. The fourth-order valence-corrected chi connectivity index (χ4v) is 6.85. The fraction of sp³-hybridized carbons (Fsp3) is 0.455. The quantitative estimate of drug-likeness (QED) is 0.526. The van der Waals surface area contributed by atoms with E-state index in [2.05, 4.69) is 10.5 Å². The van der Waals surface area contributed by atoms with Gasteiger partial charge in [0, 0.05) is 18.0 Å². The van der Waals surface area contributed by atoms with Crippen LogP contribution in [-0.2, 0) is 22.9 Å². The summed E-state index contributed by atoms with van der Waals surface area (Å²) < 4.78 is 27.1. The number of hydrazone groups is 1. The largest absolute Gasteiger partial charge is 0.397 e. The van der Waals surface area contributed by atoms with E-state index in [1.807, 2.05) is 0 Å². The van der Waals surface area contributed by atoms with Gasteiger partial charge in [-0.1, -0.05) is 18.6 Å². The molecule has 0 unspecified atom stereocenters. The normalized spacial score (nSPS) is 17.9. The maximum absolute atomic E-state index is 12.8. The molecule has 166 valence electrons. The molecule has 2 heterocycles. The Labute approximate surface area is 187 Å². The second-order valence-electron chi connectivity index (χ2n) is 8.08. The van der Waals surface area contributed by atoms with Crippen LogP contribution in [0.3, 0.4) is 0 Å². The number of fused-ring (bicyclic) bond motifs is 1. The molecule has 1 aliphatic heterocycles. The predicted octanol–water partition coefficient (Wildman–Crippen LogP) is 3.54. The number of rotatable bonds is 5. The fourth-order valence-electron chi connectivity index (χ4n) is 4.13. The summed E-state index contributed by atoms with van der Waals surface area (Å²) in [6.07, 6.45) is 7.03. The van der Waals surface area contributed by atoms with Gasteiger partial charge in [-0.15, -0.1) is 11.3 Å². The number of aryl methyl sites for hydroxylation is 1. The Morgan fingerprint density at radius 2 is 1.74 bits per heavy atom. The minimum absolute atomic E-state index is 0.284. The summed E-state index contributed by atoms with van der Waals surface area (Å²) in [5, 5.41) is 4.21. The van der Waals surface area contributed by atoms with E-state index in [4.69, 9.17) is 5.73 Å². The molecule has 1 aliphatic carbocycles. The predicted molar refractivity (Wildman–Crippen MR) is 124 cm³/mol. The van der Waals surface area contributed by atoms with E-state index in [9.17, 15) is 13.2 Å². The second-order valence-corrected chi connectivity index (χ2v) is 11.1. The van der Waals surface area contributed by atoms with Crippen molar-refractivity contribution < 1.29 is 13.2 Å². The van der Waals surface area contributed by atoms with Crippen LogP contribution in [0.5, 0.6) is 0 Å². The molecule has 1 aromatic carbocycles. The first-order chi connectivity index (χ1) is 14.9. The lowest BCUT2D eigenvalue weighted by atomic mass is 9.98. The van der Waals surface area contributed by atoms with Gasteiger partial charge < -0.3 is 5.73 Å². The number of sulfonamides is 1. The van der Waals surface area contributed by atoms with Crippen LogP contribution in [0.15, 0.2) is 34.3 Å². The average Bonchev–Trinajstić information content (AvgIpc) is 3.14. The topological polar surface area (TPSA) is 105 Å². The third-order valence-electron chi connectivity index (χ3n) is 5.97. The molecule has 0 bridgehead atoms. The highest BCUT2D eigenvalue weighted by Crippen LogP contribution is 2.36. The van der Waals surface area contributed by atoms with Crippen molar-refractivity contribution in [1.29, 1.82) is 0 Å². The maximum atomic E-state index is 12.8. The molecule has 0 spiro atoms. The first-order valence-corrected chi connectivity index (χ1v) is 13.0. The molecule has 7 nitrogen and oxygen atoms in total. The molecule has 4 rings (SSSR count). The van der Waals surface area contributed by atoms with Gasteiger partial charge in [-0.2, -0.15) is 9.41 Å². The second kappa shape index (κ2) is 9.10. The van der Waals surface area contributed by atoms with Gasteiger partial charge in [0.1, 0.15) is 4.88 Å². The Hall–Kier alpha value is -2.23. The minimum Gasteiger partial charge on any atom is -0.397 e. The Morgan fingerprint density at radius 3 is 2.42 bits per heavy atom. The third-order valence-corrected chi connectivity index (χ3v) is 9.19. The summed E-state index contributed by atoms with van der Waals surface area (Å²) in [5.41, 5.74) is 11.8. The van der Waals surface area contributed by atoms with E-state index in [1.54, 1.807) is 35.5 Å². The van der Waals surface area contributed by atoms with Crippen LogP contribution in [0.25, 0.3) is 0 Å². The number of hydrogen-bond donors (Lipinski definition) is 2. The number of piperidine rings is 1. The number of anilines is 1. The van der Waals surface area contributed by atoms with Crippen molar-refractivity contribution in [3.05, 3.63) is 45.1 Å². The van der Waals surface area contributed by atoms with E-state index < -0.39 is 10.0 Å². The van der Waals surface area contributed by atoms with Crippen LogP contribution in [-0.4, -0.2) is 37.4 Å². The monoisotopic (exact) mass is 460 g/mol. The molecule has 1 saturated heterocycles. The number of nitrogens with two attached hydrogens (primary N) is 1. The van der Waals surface area contributed by atoms with Crippen LogP contribution in [0.2, 0.25) is 0 Å². The highest BCUT2D eigenvalue weighted by Gasteiger charge is 2.26. The van der Waals surface area contributed by atoms with E-state index in [-0.39, 0.29) is 10.8 Å². The summed E-state index contributed by atoms with van der Waals surface area (Å²) >= 11 is 1.46. The summed E-state index contributed by atoms with van der Waals surface area (Å²) in [7, 11) is -3.46. The highest BCUT2D eigenvalue weighted by atomic mass is 32.2. The molecule has 0 radical (unpaired) electrons. The Kier molecular flexibility index (Phi) is 6.45. The van der Waals surface area contributed by atoms with Crippen molar-refractivity contribution in [1.82, 2.24) is 9.73 Å². The number of thiophene rings is 1. The van der Waals surface area contributed by atoms with Crippen molar-refractivity contribution in [2.24, 2.45) is 5.10 Å². The number of nitrogen functional groups attached to an aromatic ring is 1. The van der Waals surface area contributed by atoms with Crippen LogP contribution in [0.1, 0.15) is 64.7 Å². The molecule has 9 heteroatoms. The van der Waals surface area contributed by atoms with E-state index in [0.717, 1.165) is 56.1 Å². The molecular weight excluding hydrogens is 432 g/mol. The number of nitrogens with one attached hydrogen (secondary N) is 1. The highest BCUT2D eigenvalue weighted by molar-refractivity contribution is 7.89. The Morgan fingerprint density at radius 1 is 1.06 bits per heavy atom. The van der Waals surface area contributed by atoms with Crippen LogP contribution in [0.4, 0.5) is 5.69 Å². The first-order valence-electron chi connectivity index (χ1n) is 10.7. The van der Waals surface area contributed by atoms with Gasteiger partial charge in [0.05, 0.1) is 16.3 Å². The van der Waals surface area contributed by atoms with E-state index >= 15 is 0 Å². The third kappa shape index (κ3) is 4.53. The van der Waals surface area contributed by atoms with Gasteiger partial charge in [-0.25, -0.2) is 13.8 Å². The van der Waals surface area contributed by atoms with Gasteiger partial charge in [0.25, 0.3) is 5.91 Å². The Bertz CT molecular complexity index is 1100. The van der Waals surface area contributed by atoms with Crippen molar-refractivity contribution in [2.75, 3.05) is 18.8 Å². The van der Waals surface area contributed by atoms with Gasteiger partial charge in [0.15, 0.2) is 0 Å². The molecule has 3 N–H and O–H groups in total. The summed E-state index contributed by atoms with van der Waals surface area (Å²) in [4.78, 5) is 14.6. The molecule has 1 aromatic heterocycles. The lowest BCUT2D eigenvalue weighted by Crippen LogP contribution is -2.35. The summed E-state index contributed by atoms with van der Waals surface area (Å²) in [6, 6.07) is 6.65. The first kappa shape index (κ1) is 22.0. The van der Waals surface area contributed by atoms with Crippen molar-refractivity contribution in [3.8, 4) is 0 Å². The van der Waals surface area contributed by atoms with Gasteiger partial charge in [-0.3, -0.25) is 4.79 Å². The zero-order chi connectivity index (χ0) is 22.0. The smallest absolute Gasteiger partial charge is 0.283 e. The van der Waals surface area contributed by atoms with E-state index in [0.29, 0.717) is 29.4 Å². The van der Waals surface area contributed by atoms with Crippen molar-refractivity contribution >= 4 is 38.7 Å². The standard InChI is InChI=1S/C22H28N4O3S2/c1-15(24-25-22(27)21-20(23)18-7-3-4-8-19(18)30-21)16-9-11-17(12-10-16)31(28,29)26-13-5-2-6-14-26/h9-12H,2-8,13-14,23H2,1H3,(H,25,27)/b24-15+. The number of benzene rings is 1. The van der Waals surface area contributed by atoms with E-state index in [1.165, 1.54) is 16.2 Å². The lowest BCUT2D eigenvalue weighted by molar-refractivity contribution is 0.0959. The molecule has 31 heavy (non-hydrogen) atoms. The maximum Gasteiger partial charge on any atom is 0.283 e. The van der Waals surface area contributed by atoms with Crippen LogP contribution in [0, 0.1) is 0 Å². The molecular formula is C22H28N4O3S2. The number of carbonyl (C=O) groups is 1. The molecule has 2 aromatic rings. The minimum atomic E-state index is -3.46. The zero-order valence-electron chi connectivity index (χ0n) is 17.7. The number of hydrogen-bond acceptors (Lipinski definition) is 6. The summed E-state index contributed by atoms with van der Waals surface area (Å²) in [5.74, 6) is -0.305. The van der Waals surface area contributed by atoms with Crippen molar-refractivity contribution in [3.63, 3.8) is 0 Å². The summed E-state index contributed by atoms with van der Waals surface area (Å²) in [6.45, 7) is 2.93.